The van der Waals surface area contributed by atoms with Crippen molar-refractivity contribution in [1.29, 1.82) is 0 Å². The van der Waals surface area contributed by atoms with Crippen molar-refractivity contribution >= 4 is 52.4 Å². The van der Waals surface area contributed by atoms with Crippen LogP contribution < -0.4 is 10.2 Å². The molecule has 0 bridgehead atoms. The Morgan fingerprint density at radius 1 is 0.974 bits per heavy atom. The second kappa shape index (κ2) is 10.7. The van der Waals surface area contributed by atoms with E-state index in [1.807, 2.05) is 4.90 Å². The molecule has 1 N–H and O–H groups in total. The van der Waals surface area contributed by atoms with Crippen LogP contribution in [0.25, 0.3) is 0 Å². The van der Waals surface area contributed by atoms with Crippen LogP contribution in [-0.4, -0.2) is 77.3 Å². The fraction of sp³-hybridized carbons (Fsp3) is 0.440. The second-order valence-electron chi connectivity index (χ2n) is 9.69. The third kappa shape index (κ3) is 5.86. The summed E-state index contributed by atoms with van der Waals surface area (Å²) in [6.45, 7) is 2.75. The number of pyridine rings is 1. The highest BCUT2D eigenvalue weighted by Gasteiger charge is 2.45. The lowest BCUT2D eigenvalue weighted by Gasteiger charge is -2.37. The lowest BCUT2D eigenvalue weighted by atomic mass is 9.86. The van der Waals surface area contributed by atoms with Crippen molar-refractivity contribution in [2.75, 3.05) is 49.5 Å². The van der Waals surface area contributed by atoms with Crippen molar-refractivity contribution in [2.24, 2.45) is 5.16 Å². The summed E-state index contributed by atoms with van der Waals surface area (Å²) < 4.78 is 39.4. The number of carbonyl (C=O) groups excluding carboxylic acids is 2. The molecule has 5 rings (SSSR count). The molecule has 0 saturated carbocycles. The molecule has 3 amide bonds. The Hall–Kier alpha value is -3.25. The number of hydrogen-bond donors (Lipinski definition) is 1. The molecule has 1 aromatic heterocycles. The number of aromatic nitrogens is 1. The maximum absolute atomic E-state index is 13.1. The van der Waals surface area contributed by atoms with Gasteiger partial charge in [-0.3, -0.25) is 4.79 Å². The highest BCUT2D eigenvalue weighted by Crippen LogP contribution is 2.37. The number of nitrogens with one attached hydrogen (secondary N) is 1. The minimum absolute atomic E-state index is 0.00393. The largest absolute Gasteiger partial charge is 0.417 e. The monoisotopic (exact) mass is 584 g/mol. The summed E-state index contributed by atoms with van der Waals surface area (Å²) in [5.41, 5.74) is -1.36. The summed E-state index contributed by atoms with van der Waals surface area (Å²) >= 11 is 11.9. The van der Waals surface area contributed by atoms with Gasteiger partial charge in [-0.2, -0.15) is 13.2 Å². The molecule has 1 spiro atoms. The van der Waals surface area contributed by atoms with Gasteiger partial charge in [0.1, 0.15) is 17.1 Å². The van der Waals surface area contributed by atoms with Crippen LogP contribution in [0.5, 0.6) is 0 Å². The molecule has 3 aliphatic rings. The smallest absolute Gasteiger partial charge is 0.388 e. The van der Waals surface area contributed by atoms with Crippen LogP contribution in [0.4, 0.5) is 29.5 Å². The Bertz CT molecular complexity index is 1290. The first-order chi connectivity index (χ1) is 18.5. The predicted octanol–water partition coefficient (Wildman–Crippen LogP) is 4.90. The number of urea groups is 1. The van der Waals surface area contributed by atoms with Gasteiger partial charge in [-0.05, 0) is 30.3 Å². The average molecular weight is 585 g/mol. The number of oxime groups is 1. The van der Waals surface area contributed by atoms with E-state index in [4.69, 9.17) is 28.0 Å². The summed E-state index contributed by atoms with van der Waals surface area (Å²) in [7, 11) is 0. The van der Waals surface area contributed by atoms with Crippen LogP contribution in [0.3, 0.4) is 0 Å². The molecular formula is C25H25Cl2F3N6O3. The average Bonchev–Trinajstić information content (AvgIpc) is 3.33. The zero-order valence-electron chi connectivity index (χ0n) is 20.7. The van der Waals surface area contributed by atoms with Crippen LogP contribution in [-0.2, 0) is 15.8 Å². The van der Waals surface area contributed by atoms with Gasteiger partial charge < -0.3 is 24.9 Å². The molecule has 0 unspecified atom stereocenters. The molecule has 14 heteroatoms. The summed E-state index contributed by atoms with van der Waals surface area (Å²) in [5.74, 6) is 0.515. The van der Waals surface area contributed by atoms with E-state index in [1.54, 1.807) is 23.2 Å². The highest BCUT2D eigenvalue weighted by molar-refractivity contribution is 6.39. The molecule has 1 aromatic carbocycles. The van der Waals surface area contributed by atoms with Gasteiger partial charge in [-0.1, -0.05) is 28.4 Å². The first kappa shape index (κ1) is 27.3. The normalized spacial score (nSPS) is 19.1. The van der Waals surface area contributed by atoms with Crippen LogP contribution >= 0.6 is 23.2 Å². The van der Waals surface area contributed by atoms with E-state index >= 15 is 0 Å². The Balaban J connectivity index is 1.11. The van der Waals surface area contributed by atoms with E-state index in [-0.39, 0.29) is 11.6 Å². The lowest BCUT2D eigenvalue weighted by molar-refractivity contribution is -0.137. The number of hydrogen-bond acceptors (Lipinski definition) is 6. The first-order valence-corrected chi connectivity index (χ1v) is 13.1. The summed E-state index contributed by atoms with van der Waals surface area (Å²) in [4.78, 5) is 41.2. The minimum Gasteiger partial charge on any atom is -0.388 e. The van der Waals surface area contributed by atoms with Crippen molar-refractivity contribution in [1.82, 2.24) is 14.8 Å². The highest BCUT2D eigenvalue weighted by atomic mass is 35.5. The van der Waals surface area contributed by atoms with E-state index in [9.17, 15) is 22.8 Å². The Kier molecular flexibility index (Phi) is 7.51. The van der Waals surface area contributed by atoms with Gasteiger partial charge in [-0.15, -0.1) is 0 Å². The van der Waals surface area contributed by atoms with Crippen LogP contribution in [0.15, 0.2) is 41.7 Å². The van der Waals surface area contributed by atoms with Gasteiger partial charge in [0.15, 0.2) is 0 Å². The Morgan fingerprint density at radius 3 is 2.36 bits per heavy atom. The number of piperidine rings is 1. The topological polar surface area (TPSA) is 90.4 Å². The second-order valence-corrected chi connectivity index (χ2v) is 10.5. The van der Waals surface area contributed by atoms with Crippen molar-refractivity contribution in [2.45, 2.75) is 31.0 Å². The maximum Gasteiger partial charge on any atom is 0.417 e. The lowest BCUT2D eigenvalue weighted by Crippen LogP contribution is -2.52. The molecule has 2 saturated heterocycles. The summed E-state index contributed by atoms with van der Waals surface area (Å²) in [6.07, 6.45) is -1.76. The molecule has 2 aromatic rings. The summed E-state index contributed by atoms with van der Waals surface area (Å²) in [6, 6.07) is 6.24. The first-order valence-electron chi connectivity index (χ1n) is 12.4. The van der Waals surface area contributed by atoms with E-state index in [1.165, 1.54) is 11.0 Å². The van der Waals surface area contributed by atoms with E-state index in [2.05, 4.69) is 15.5 Å². The van der Waals surface area contributed by atoms with Gasteiger partial charge in [0.05, 0.1) is 15.6 Å². The summed E-state index contributed by atoms with van der Waals surface area (Å²) in [5, 5.41) is 6.72. The SMILES string of the molecule is O=C(Nc1ccc(Cl)c(C(F)(F)F)c1)N1CCC2(CC1)CC(C(=O)N1CCN(c3ncccc3Cl)CC1)=NO2. The quantitative estimate of drug-likeness (QED) is 0.554. The maximum atomic E-state index is 13.1. The van der Waals surface area contributed by atoms with E-state index in [0.29, 0.717) is 75.1 Å². The number of benzene rings is 1. The van der Waals surface area contributed by atoms with Crippen LogP contribution in [0, 0.1) is 0 Å². The zero-order chi connectivity index (χ0) is 27.8. The number of alkyl halides is 3. The minimum atomic E-state index is -4.63. The molecule has 3 aliphatic heterocycles. The third-order valence-corrected chi connectivity index (χ3v) is 7.80. The third-order valence-electron chi connectivity index (χ3n) is 7.18. The van der Waals surface area contributed by atoms with E-state index < -0.39 is 28.4 Å². The Morgan fingerprint density at radius 2 is 1.69 bits per heavy atom. The molecule has 0 aliphatic carbocycles. The number of nitrogens with zero attached hydrogens (tertiary/aromatic N) is 5. The van der Waals surface area contributed by atoms with Gasteiger partial charge >= 0.3 is 12.2 Å². The number of anilines is 2. The molecule has 9 nitrogen and oxygen atoms in total. The predicted molar refractivity (Wildman–Crippen MR) is 140 cm³/mol. The standard InChI is InChI=1S/C25H25Cl2F3N6O3/c26-18-4-3-16(14-17(18)25(28,29)30)32-23(38)36-8-5-24(6-9-36)15-20(33-39-24)22(37)35-12-10-34(11-13-35)21-19(27)2-1-7-31-21/h1-4,7,14H,5-6,8-13,15H2,(H,32,38). The molecule has 39 heavy (non-hydrogen) atoms. The Labute approximate surface area is 232 Å². The number of piperazine rings is 1. The fourth-order valence-electron chi connectivity index (χ4n) is 4.96. The molecule has 0 atom stereocenters. The molecule has 208 valence electrons. The number of halogens is 5. The van der Waals surface area contributed by atoms with Crippen molar-refractivity contribution in [3.63, 3.8) is 0 Å². The van der Waals surface area contributed by atoms with Gasteiger partial charge in [0.2, 0.25) is 0 Å². The van der Waals surface area contributed by atoms with Crippen LogP contribution in [0.1, 0.15) is 24.8 Å². The number of amides is 3. The number of likely N-dealkylation sites (tertiary alicyclic amines) is 1. The molecular weight excluding hydrogens is 560 g/mol. The zero-order valence-corrected chi connectivity index (χ0v) is 22.2. The van der Waals surface area contributed by atoms with Gasteiger partial charge in [-0.25, -0.2) is 9.78 Å². The van der Waals surface area contributed by atoms with Gasteiger partial charge in [0, 0.05) is 70.4 Å². The van der Waals surface area contributed by atoms with Crippen LogP contribution in [0.2, 0.25) is 10.0 Å². The number of rotatable bonds is 3. The van der Waals surface area contributed by atoms with Crippen molar-refractivity contribution < 1.29 is 27.6 Å². The molecule has 2 fully saturated rings. The molecule has 0 radical (unpaired) electrons. The fourth-order valence-corrected chi connectivity index (χ4v) is 5.42. The van der Waals surface area contributed by atoms with Crippen molar-refractivity contribution in [3.05, 3.63) is 52.1 Å². The van der Waals surface area contributed by atoms with Gasteiger partial charge in [0.25, 0.3) is 5.91 Å². The van der Waals surface area contributed by atoms with Crippen molar-refractivity contribution in [3.8, 4) is 0 Å². The molecule has 4 heterocycles. The number of carbonyl (C=O) groups is 2. The van der Waals surface area contributed by atoms with E-state index in [0.717, 1.165) is 12.1 Å².